The first kappa shape index (κ1) is 15.3. The number of hydrogen-bond donors (Lipinski definition) is 1. The number of carbonyl (C=O) groups is 1. The quantitative estimate of drug-likeness (QED) is 0.797. The molecule has 0 atom stereocenters. The van der Waals surface area contributed by atoms with Crippen LogP contribution in [0.1, 0.15) is 24.2 Å². The lowest BCUT2D eigenvalue weighted by molar-refractivity contribution is 0.0696. The highest BCUT2D eigenvalue weighted by atomic mass is 32.2. The largest absolute Gasteiger partial charge is 0.478 e. The summed E-state index contributed by atoms with van der Waals surface area (Å²) in [4.78, 5) is 14.4. The molecule has 104 valence electrons. The molecule has 0 aliphatic heterocycles. The first-order chi connectivity index (χ1) is 8.78. The number of pyridine rings is 1. The number of nitrogens with zero attached hydrogens (tertiary/aromatic N) is 2. The van der Waals surface area contributed by atoms with Crippen molar-refractivity contribution in [1.29, 1.82) is 0 Å². The van der Waals surface area contributed by atoms with E-state index in [1.165, 1.54) is 16.4 Å². The Hall–Kier alpha value is -1.73. The van der Waals surface area contributed by atoms with Gasteiger partial charge in [-0.15, -0.1) is 0 Å². The van der Waals surface area contributed by atoms with Crippen LogP contribution in [0.15, 0.2) is 35.5 Å². The molecule has 19 heavy (non-hydrogen) atoms. The van der Waals surface area contributed by atoms with Gasteiger partial charge in [-0.05, 0) is 19.1 Å². The molecule has 0 radical (unpaired) electrons. The minimum Gasteiger partial charge on any atom is -0.478 e. The Labute approximate surface area is 112 Å². The fourth-order valence-electron chi connectivity index (χ4n) is 1.46. The van der Waals surface area contributed by atoms with Crippen molar-refractivity contribution in [2.45, 2.75) is 18.9 Å². The summed E-state index contributed by atoms with van der Waals surface area (Å²) in [5.41, 5.74) is 0.662. The van der Waals surface area contributed by atoms with E-state index < -0.39 is 16.0 Å². The van der Waals surface area contributed by atoms with Gasteiger partial charge in [-0.3, -0.25) is 0 Å². The average molecular weight is 284 g/mol. The summed E-state index contributed by atoms with van der Waals surface area (Å²) < 4.78 is 25.7. The maximum Gasteiger partial charge on any atom is 0.337 e. The van der Waals surface area contributed by atoms with Crippen LogP contribution in [-0.2, 0) is 10.0 Å². The first-order valence-electron chi connectivity index (χ1n) is 5.63. The number of aromatic nitrogens is 1. The van der Waals surface area contributed by atoms with E-state index in [0.29, 0.717) is 5.57 Å². The summed E-state index contributed by atoms with van der Waals surface area (Å²) in [5, 5.41) is 8.58. The van der Waals surface area contributed by atoms with Crippen molar-refractivity contribution >= 4 is 16.0 Å². The zero-order chi connectivity index (χ0) is 14.6. The molecule has 0 spiro atoms. The monoisotopic (exact) mass is 284 g/mol. The van der Waals surface area contributed by atoms with Crippen LogP contribution in [0, 0.1) is 0 Å². The Morgan fingerprint density at radius 1 is 1.47 bits per heavy atom. The fraction of sp³-hybridized carbons (Fsp3) is 0.333. The summed E-state index contributed by atoms with van der Waals surface area (Å²) in [7, 11) is -3.72. The van der Waals surface area contributed by atoms with Crippen LogP contribution >= 0.6 is 0 Å². The van der Waals surface area contributed by atoms with Gasteiger partial charge < -0.3 is 5.11 Å². The van der Waals surface area contributed by atoms with Crippen LogP contribution in [0.3, 0.4) is 0 Å². The van der Waals surface area contributed by atoms with E-state index in [4.69, 9.17) is 5.11 Å². The summed E-state index contributed by atoms with van der Waals surface area (Å²) in [5.74, 6) is -1.15. The first-order valence-corrected chi connectivity index (χ1v) is 7.07. The second kappa shape index (κ2) is 5.94. The highest BCUT2D eigenvalue weighted by Gasteiger charge is 2.24. The normalized spacial score (nSPS) is 11.5. The van der Waals surface area contributed by atoms with E-state index in [0.717, 1.165) is 6.20 Å². The lowest BCUT2D eigenvalue weighted by Gasteiger charge is -2.19. The van der Waals surface area contributed by atoms with E-state index in [2.05, 4.69) is 11.6 Å². The van der Waals surface area contributed by atoms with Gasteiger partial charge in [-0.1, -0.05) is 19.1 Å². The van der Waals surface area contributed by atoms with E-state index in [1.54, 1.807) is 13.8 Å². The van der Waals surface area contributed by atoms with Crippen LogP contribution in [-0.4, -0.2) is 41.9 Å². The second-order valence-corrected chi connectivity index (χ2v) is 5.96. The lowest BCUT2D eigenvalue weighted by atomic mass is 10.3. The molecule has 1 aromatic rings. The molecule has 0 fully saturated rings. The van der Waals surface area contributed by atoms with Gasteiger partial charge >= 0.3 is 5.97 Å². The van der Waals surface area contributed by atoms with Gasteiger partial charge in [-0.25, -0.2) is 18.2 Å². The van der Waals surface area contributed by atoms with Gasteiger partial charge in [0.25, 0.3) is 10.0 Å². The third kappa shape index (κ3) is 3.62. The van der Waals surface area contributed by atoms with Gasteiger partial charge in [0.05, 0.1) is 5.56 Å². The molecule has 0 unspecified atom stereocenters. The van der Waals surface area contributed by atoms with Gasteiger partial charge in [0.2, 0.25) is 0 Å². The number of likely N-dealkylation sites (N-methyl/N-ethyl adjacent to an activating group) is 1. The van der Waals surface area contributed by atoms with Crippen molar-refractivity contribution in [3.63, 3.8) is 0 Å². The summed E-state index contributed by atoms with van der Waals surface area (Å²) in [6.45, 7) is 7.63. The van der Waals surface area contributed by atoms with E-state index in [1.807, 2.05) is 0 Å². The molecule has 0 amide bonds. The molecule has 0 aromatic carbocycles. The van der Waals surface area contributed by atoms with E-state index >= 15 is 0 Å². The third-order valence-corrected chi connectivity index (χ3v) is 4.22. The molecular weight excluding hydrogens is 268 g/mol. The molecule has 0 saturated carbocycles. The minimum absolute atomic E-state index is 0.0538. The predicted molar refractivity (Wildman–Crippen MR) is 70.4 cm³/mol. The van der Waals surface area contributed by atoms with Crippen LogP contribution in [0.4, 0.5) is 0 Å². The molecule has 1 aromatic heterocycles. The Balaban J connectivity index is 3.11. The maximum absolute atomic E-state index is 12.3. The molecule has 6 nitrogen and oxygen atoms in total. The van der Waals surface area contributed by atoms with E-state index in [-0.39, 0.29) is 23.7 Å². The number of sulfonamides is 1. The van der Waals surface area contributed by atoms with Crippen LogP contribution in [0.5, 0.6) is 0 Å². The molecule has 0 aliphatic rings. The van der Waals surface area contributed by atoms with Crippen molar-refractivity contribution in [2.24, 2.45) is 0 Å². The summed E-state index contributed by atoms with van der Waals surface area (Å²) >= 11 is 0. The Morgan fingerprint density at radius 3 is 2.47 bits per heavy atom. The topological polar surface area (TPSA) is 87.6 Å². The smallest absolute Gasteiger partial charge is 0.337 e. The van der Waals surface area contributed by atoms with Gasteiger partial charge in [-0.2, -0.15) is 4.31 Å². The number of aromatic carboxylic acids is 1. The van der Waals surface area contributed by atoms with E-state index in [9.17, 15) is 13.2 Å². The van der Waals surface area contributed by atoms with Crippen molar-refractivity contribution < 1.29 is 18.3 Å². The molecule has 0 aliphatic carbocycles. The molecule has 1 heterocycles. The van der Waals surface area contributed by atoms with Crippen molar-refractivity contribution in [2.75, 3.05) is 13.1 Å². The second-order valence-electron chi connectivity index (χ2n) is 4.08. The maximum atomic E-state index is 12.3. The van der Waals surface area contributed by atoms with Crippen LogP contribution in [0.25, 0.3) is 0 Å². The number of hydrogen-bond acceptors (Lipinski definition) is 4. The molecule has 1 N–H and O–H groups in total. The molecule has 7 heteroatoms. The predicted octanol–water partition coefficient (Wildman–Crippen LogP) is 1.37. The molecular formula is C12H16N2O4S. The fourth-order valence-corrected chi connectivity index (χ4v) is 2.88. The summed E-state index contributed by atoms with van der Waals surface area (Å²) in [6, 6.07) is 2.41. The molecule has 0 saturated heterocycles. The van der Waals surface area contributed by atoms with Crippen LogP contribution in [0.2, 0.25) is 0 Å². The highest BCUT2D eigenvalue weighted by Crippen LogP contribution is 2.14. The minimum atomic E-state index is -3.72. The molecule has 0 bridgehead atoms. The Kier molecular flexibility index (Phi) is 4.79. The van der Waals surface area contributed by atoms with Gasteiger partial charge in [0.1, 0.15) is 0 Å². The van der Waals surface area contributed by atoms with Gasteiger partial charge in [0.15, 0.2) is 5.03 Å². The number of carboxylic acid groups (broad SMARTS) is 1. The Morgan fingerprint density at radius 2 is 2.11 bits per heavy atom. The SMILES string of the molecule is C=C(C)CN(CC)S(=O)(=O)c1ccc(C(=O)O)cn1. The Bertz CT molecular complexity index is 578. The third-order valence-electron chi connectivity index (χ3n) is 2.39. The summed E-state index contributed by atoms with van der Waals surface area (Å²) in [6.07, 6.45) is 1.03. The zero-order valence-electron chi connectivity index (χ0n) is 10.8. The van der Waals surface area contributed by atoms with Crippen molar-refractivity contribution in [3.05, 3.63) is 36.0 Å². The van der Waals surface area contributed by atoms with Crippen molar-refractivity contribution in [1.82, 2.24) is 9.29 Å². The number of rotatable bonds is 6. The average Bonchev–Trinajstić information content (AvgIpc) is 2.35. The standard InChI is InChI=1S/C12H16N2O4S/c1-4-14(8-9(2)3)19(17,18)11-6-5-10(7-13-11)12(15)16/h5-7H,2,4,8H2,1,3H3,(H,15,16). The highest BCUT2D eigenvalue weighted by molar-refractivity contribution is 7.89. The van der Waals surface area contributed by atoms with Crippen LogP contribution < -0.4 is 0 Å². The zero-order valence-corrected chi connectivity index (χ0v) is 11.6. The molecule has 1 rings (SSSR count). The lowest BCUT2D eigenvalue weighted by Crippen LogP contribution is -2.32. The van der Waals surface area contributed by atoms with Gasteiger partial charge in [0, 0.05) is 19.3 Å². The number of carboxylic acids is 1. The van der Waals surface area contributed by atoms with Crippen molar-refractivity contribution in [3.8, 4) is 0 Å².